The Hall–Kier alpha value is -4.18. The highest BCUT2D eigenvalue weighted by atomic mass is 35.5. The largest absolute Gasteiger partial charge is 0.481 e. The van der Waals surface area contributed by atoms with Crippen molar-refractivity contribution in [2.75, 3.05) is 0 Å². The van der Waals surface area contributed by atoms with Crippen LogP contribution in [0.2, 0.25) is 5.02 Å². The van der Waals surface area contributed by atoms with Crippen molar-refractivity contribution in [2.24, 2.45) is 7.05 Å². The maximum Gasteiger partial charge on any atom is 0.307 e. The zero-order valence-electron chi connectivity index (χ0n) is 24.8. The number of aryl methyl sites for hydroxylation is 3. The molecule has 8 nitrogen and oxygen atoms in total. The molecule has 6 rings (SSSR count). The second-order valence-corrected chi connectivity index (χ2v) is 12.8. The molecule has 220 valence electrons. The summed E-state index contributed by atoms with van der Waals surface area (Å²) < 4.78 is 2.73. The zero-order chi connectivity index (χ0) is 31.1. The first kappa shape index (κ1) is 30.3. The highest BCUT2D eigenvalue weighted by Crippen LogP contribution is 2.41. The van der Waals surface area contributed by atoms with Crippen LogP contribution in [0.3, 0.4) is 0 Å². The molecule has 0 spiro atoms. The predicted octanol–water partition coefficient (Wildman–Crippen LogP) is 7.65. The maximum atomic E-state index is 11.8. The number of aliphatic carboxylic acids is 1. The summed E-state index contributed by atoms with van der Waals surface area (Å²) in [6.07, 6.45) is 3.51. The number of carboxylic acid groups (broad SMARTS) is 1. The summed E-state index contributed by atoms with van der Waals surface area (Å²) in [5.74, 6) is -0.877. The first-order chi connectivity index (χ1) is 20.3. The van der Waals surface area contributed by atoms with Gasteiger partial charge in [0.2, 0.25) is 0 Å². The molecule has 0 saturated heterocycles. The van der Waals surface area contributed by atoms with Gasteiger partial charge < -0.3 is 10.2 Å². The van der Waals surface area contributed by atoms with E-state index in [4.69, 9.17) is 26.7 Å². The lowest BCUT2D eigenvalue weighted by Crippen LogP contribution is -2.10. The molecule has 2 N–H and O–H groups in total. The third kappa shape index (κ3) is 6.74. The molecule has 4 heterocycles. The summed E-state index contributed by atoms with van der Waals surface area (Å²) >= 11 is 7.68. The highest BCUT2D eigenvalue weighted by Gasteiger charge is 2.20. The van der Waals surface area contributed by atoms with E-state index in [1.165, 1.54) is 11.3 Å². The van der Waals surface area contributed by atoms with Gasteiger partial charge in [0.15, 0.2) is 0 Å². The van der Waals surface area contributed by atoms with Gasteiger partial charge in [-0.2, -0.15) is 5.10 Å². The molecule has 0 unspecified atom stereocenters. The average Bonchev–Trinajstić information content (AvgIpc) is 3.52. The summed E-state index contributed by atoms with van der Waals surface area (Å²) in [5, 5.41) is 23.9. The number of nitrogens with zero attached hydrogens (tertiary/aromatic N) is 5. The summed E-state index contributed by atoms with van der Waals surface area (Å²) in [7, 11) is 1.89. The number of fused-ring (bicyclic) bond motifs is 2. The van der Waals surface area contributed by atoms with Crippen molar-refractivity contribution in [3.63, 3.8) is 0 Å². The fourth-order valence-corrected chi connectivity index (χ4v) is 6.00. The van der Waals surface area contributed by atoms with E-state index < -0.39 is 11.6 Å². The van der Waals surface area contributed by atoms with E-state index >= 15 is 0 Å². The Bertz CT molecular complexity index is 1970. The van der Waals surface area contributed by atoms with Gasteiger partial charge in [-0.1, -0.05) is 23.7 Å². The number of hydrogen-bond acceptors (Lipinski definition) is 7. The van der Waals surface area contributed by atoms with Crippen molar-refractivity contribution in [3.05, 3.63) is 82.8 Å². The molecule has 0 amide bonds. The Morgan fingerprint density at radius 1 is 0.977 bits per heavy atom. The summed E-state index contributed by atoms with van der Waals surface area (Å²) in [6.45, 7) is 9.13. The van der Waals surface area contributed by atoms with Crippen LogP contribution in [-0.2, 0) is 18.3 Å². The lowest BCUT2D eigenvalue weighted by atomic mass is 9.93. The quantitative estimate of drug-likeness (QED) is 0.205. The number of thiazole rings is 1. The minimum absolute atomic E-state index is 0.0777. The third-order valence-corrected chi connectivity index (χ3v) is 8.08. The van der Waals surface area contributed by atoms with Crippen molar-refractivity contribution in [3.8, 4) is 33.0 Å². The minimum atomic E-state index is -0.877. The van der Waals surface area contributed by atoms with Gasteiger partial charge in [0.05, 0.1) is 39.6 Å². The molecular formula is C33H32ClN5O3S. The number of aromatic nitrogens is 5. The molecule has 43 heavy (non-hydrogen) atoms. The van der Waals surface area contributed by atoms with Crippen molar-refractivity contribution in [2.45, 2.75) is 46.6 Å². The molecule has 0 aliphatic rings. The smallest absolute Gasteiger partial charge is 0.307 e. The minimum Gasteiger partial charge on any atom is -0.481 e. The van der Waals surface area contributed by atoms with Gasteiger partial charge in [0.1, 0.15) is 10.5 Å². The lowest BCUT2D eigenvalue weighted by molar-refractivity contribution is -0.136. The van der Waals surface area contributed by atoms with Crippen LogP contribution in [0, 0.1) is 13.8 Å². The Balaban J connectivity index is 0.000000682. The van der Waals surface area contributed by atoms with Crippen LogP contribution in [0.5, 0.6) is 0 Å². The summed E-state index contributed by atoms with van der Waals surface area (Å²) in [4.78, 5) is 26.2. The fourth-order valence-electron chi connectivity index (χ4n) is 4.76. The molecule has 10 heteroatoms. The number of pyridine rings is 2. The van der Waals surface area contributed by atoms with Crippen LogP contribution in [-0.4, -0.2) is 46.5 Å². The first-order valence-electron chi connectivity index (χ1n) is 13.7. The molecule has 0 saturated carbocycles. The van der Waals surface area contributed by atoms with E-state index in [-0.39, 0.29) is 6.42 Å². The molecule has 0 bridgehead atoms. The Morgan fingerprint density at radius 2 is 1.67 bits per heavy atom. The lowest BCUT2D eigenvalue weighted by Gasteiger charge is -2.13. The van der Waals surface area contributed by atoms with Crippen LogP contribution in [0.15, 0.2) is 60.9 Å². The molecule has 2 aromatic carbocycles. The monoisotopic (exact) mass is 613 g/mol. The number of hydrogen-bond donors (Lipinski definition) is 2. The summed E-state index contributed by atoms with van der Waals surface area (Å²) in [5.41, 5.74) is 9.04. The SMILES string of the molecule is CC(C)(C)O.Cc1cc2nc(-c3cnc(C)c(-c4ccc5c(cnn5C)n4)c3)sc2c(-c2ccc(Cl)cc2)c1CC(=O)O. The van der Waals surface area contributed by atoms with Crippen molar-refractivity contribution < 1.29 is 15.0 Å². The molecule has 4 aromatic heterocycles. The predicted molar refractivity (Wildman–Crippen MR) is 174 cm³/mol. The van der Waals surface area contributed by atoms with Crippen molar-refractivity contribution >= 4 is 50.2 Å². The Kier molecular flexibility index (Phi) is 8.34. The van der Waals surface area contributed by atoms with Crippen molar-refractivity contribution in [1.29, 1.82) is 0 Å². The number of halogens is 1. The average molecular weight is 614 g/mol. The van der Waals surface area contributed by atoms with Gasteiger partial charge in [0.25, 0.3) is 0 Å². The Morgan fingerprint density at radius 3 is 2.35 bits per heavy atom. The van der Waals surface area contributed by atoms with E-state index in [1.807, 2.05) is 69.6 Å². The van der Waals surface area contributed by atoms with E-state index in [9.17, 15) is 9.90 Å². The molecule has 0 aliphatic heterocycles. The zero-order valence-corrected chi connectivity index (χ0v) is 26.4. The van der Waals surface area contributed by atoms with Gasteiger partial charge in [-0.3, -0.25) is 14.5 Å². The summed E-state index contributed by atoms with van der Waals surface area (Å²) in [6, 6.07) is 15.5. The standard InChI is InChI=1S/C29H22ClN5O2S.C4H10O/c1-15-10-23-28(27(20(15)12-26(36)37)17-4-6-19(30)7-5-17)38-29(34-23)18-11-21(16(2)31-13-18)22-8-9-25-24(33-22)14-32-35(25)3;1-4(2,3)5/h4-11,13-14H,12H2,1-3H3,(H,36,37);5H,1-3H3. The molecule has 0 fully saturated rings. The first-order valence-corrected chi connectivity index (χ1v) is 14.9. The Labute approximate surface area is 258 Å². The second-order valence-electron chi connectivity index (χ2n) is 11.4. The van der Waals surface area contributed by atoms with Gasteiger partial charge in [-0.25, -0.2) is 9.97 Å². The van der Waals surface area contributed by atoms with E-state index in [0.717, 1.165) is 71.0 Å². The third-order valence-electron chi connectivity index (χ3n) is 6.69. The molecular weight excluding hydrogens is 582 g/mol. The van der Waals surface area contributed by atoms with Gasteiger partial charge in [-0.15, -0.1) is 11.3 Å². The van der Waals surface area contributed by atoms with Gasteiger partial charge in [-0.05, 0) is 87.7 Å². The second kappa shape index (κ2) is 11.8. The number of carbonyl (C=O) groups is 1. The number of rotatable bonds is 5. The molecule has 6 aromatic rings. The van der Waals surface area contributed by atoms with Gasteiger partial charge >= 0.3 is 5.97 Å². The maximum absolute atomic E-state index is 11.8. The van der Waals surface area contributed by atoms with Crippen LogP contribution >= 0.6 is 22.9 Å². The van der Waals surface area contributed by atoms with E-state index in [0.29, 0.717) is 5.02 Å². The van der Waals surface area contributed by atoms with Crippen molar-refractivity contribution in [1.82, 2.24) is 24.7 Å². The number of aliphatic hydroxyl groups is 1. The number of carboxylic acids is 1. The number of benzene rings is 2. The topological polar surface area (TPSA) is 114 Å². The molecule has 0 atom stereocenters. The molecule has 0 radical (unpaired) electrons. The van der Waals surface area contributed by atoms with Gasteiger partial charge in [0, 0.05) is 40.7 Å². The van der Waals surface area contributed by atoms with E-state index in [2.05, 4.69) is 16.1 Å². The van der Waals surface area contributed by atoms with Crippen LogP contribution in [0.4, 0.5) is 0 Å². The molecule has 0 aliphatic carbocycles. The highest BCUT2D eigenvalue weighted by molar-refractivity contribution is 7.22. The van der Waals surface area contributed by atoms with Crippen LogP contribution in [0.25, 0.3) is 54.2 Å². The van der Waals surface area contributed by atoms with Crippen LogP contribution < -0.4 is 0 Å². The van der Waals surface area contributed by atoms with Crippen LogP contribution in [0.1, 0.15) is 37.6 Å². The fraction of sp³-hybridized carbons (Fsp3) is 0.242. The normalized spacial score (nSPS) is 11.5. The van der Waals surface area contributed by atoms with E-state index in [1.54, 1.807) is 31.6 Å².